The second-order valence-corrected chi connectivity index (χ2v) is 23.1. The van der Waals surface area contributed by atoms with E-state index < -0.39 is 67.7 Å². The molecule has 0 bridgehead atoms. The molecule has 0 unspecified atom stereocenters. The Labute approximate surface area is 454 Å². The van der Waals surface area contributed by atoms with Crippen LogP contribution in [0.3, 0.4) is 0 Å². The minimum atomic E-state index is -4.71. The number of urea groups is 1. The number of anilines is 2. The maximum Gasteiger partial charge on any atom is 0.416 e. The first kappa shape index (κ1) is 64.8. The third-order valence-corrected chi connectivity index (χ3v) is 13.3. The molecule has 0 radical (unpaired) electrons. The van der Waals surface area contributed by atoms with Crippen LogP contribution in [0.5, 0.6) is 0 Å². The molecule has 4 aliphatic heterocycles. The lowest BCUT2D eigenvalue weighted by Gasteiger charge is -2.35. The van der Waals surface area contributed by atoms with Crippen LogP contribution in [0.4, 0.5) is 47.8 Å². The molecule has 6 rings (SSSR count). The summed E-state index contributed by atoms with van der Waals surface area (Å²) in [5.41, 5.74) is -2.27. The van der Waals surface area contributed by atoms with E-state index in [0.717, 1.165) is 106 Å². The molecule has 5 amide bonds. The maximum absolute atomic E-state index is 14.7. The van der Waals surface area contributed by atoms with Crippen LogP contribution in [0, 0.1) is 18.6 Å². The van der Waals surface area contributed by atoms with Gasteiger partial charge in [-0.2, -0.15) is 21.6 Å². The molecule has 2 N–H and O–H groups in total. The lowest BCUT2D eigenvalue weighted by molar-refractivity contribution is -0.137. The first-order valence-electron chi connectivity index (χ1n) is 25.7. The van der Waals surface area contributed by atoms with E-state index in [4.69, 9.17) is 30.4 Å². The van der Waals surface area contributed by atoms with Gasteiger partial charge >= 0.3 is 24.4 Å². The van der Waals surface area contributed by atoms with E-state index in [9.17, 15) is 49.5 Å². The van der Waals surface area contributed by atoms with Gasteiger partial charge in [0, 0.05) is 118 Å². The van der Waals surface area contributed by atoms with E-state index in [2.05, 4.69) is 25.0 Å². The van der Waals surface area contributed by atoms with Crippen molar-refractivity contribution >= 4 is 57.3 Å². The molecule has 20 nitrogen and oxygen atoms in total. The number of likely N-dealkylation sites (N-methyl/N-ethyl adjacent to an activating group) is 1. The van der Waals surface area contributed by atoms with Crippen molar-refractivity contribution < 1.29 is 68.3 Å². The molecule has 5 heterocycles. The Hall–Kier alpha value is -4.70. The number of amides is 5. The van der Waals surface area contributed by atoms with Gasteiger partial charge < -0.3 is 44.4 Å². The lowest BCUT2D eigenvalue weighted by atomic mass is 10.1. The Kier molecular flexibility index (Phi) is 24.4. The fourth-order valence-corrected chi connectivity index (χ4v) is 9.10. The van der Waals surface area contributed by atoms with Crippen LogP contribution >= 0.6 is 11.6 Å². The number of aliphatic hydroxyl groups is 1. The number of hydrogen-bond donors (Lipinski definition) is 2. The molecule has 2 aromatic rings. The van der Waals surface area contributed by atoms with Gasteiger partial charge in [-0.3, -0.25) is 23.7 Å². The van der Waals surface area contributed by atoms with Crippen LogP contribution in [0.1, 0.15) is 72.1 Å². The Morgan fingerprint density at radius 1 is 0.792 bits per heavy atom. The molecule has 77 heavy (non-hydrogen) atoms. The second-order valence-electron chi connectivity index (χ2n) is 21.1. The molecular formula is C50H78ClF5N10O10S. The van der Waals surface area contributed by atoms with Gasteiger partial charge in [0.2, 0.25) is 0 Å². The van der Waals surface area contributed by atoms with Crippen LogP contribution < -0.4 is 15.1 Å². The predicted molar refractivity (Wildman–Crippen MR) is 282 cm³/mol. The highest BCUT2D eigenvalue weighted by Crippen LogP contribution is 2.35. The molecule has 0 spiro atoms. The molecule has 4 aliphatic rings. The van der Waals surface area contributed by atoms with Crippen molar-refractivity contribution in [1.29, 1.82) is 0 Å². The highest BCUT2D eigenvalue weighted by molar-refractivity contribution is 7.85. The summed E-state index contributed by atoms with van der Waals surface area (Å²) in [6, 6.07) is 1.46. The molecular weight excluding hydrogens is 1060 g/mol. The van der Waals surface area contributed by atoms with Gasteiger partial charge in [-0.1, -0.05) is 11.6 Å². The summed E-state index contributed by atoms with van der Waals surface area (Å²) in [4.78, 5) is 68.2. The highest BCUT2D eigenvalue weighted by atomic mass is 35.5. The average Bonchev–Trinajstić information content (AvgIpc) is 3.67. The SMILES string of the molecule is CC(C)(C)OC(=O)N1CCN(CCCO)CC1.CC(C)(C)OC(=O)N1CCN(CCCOS(C)(=O)=O)CC1.Cc1cc(C(F)(F)F)cc(N2C(=O)N(CCCN3CCNCC3)C[C@H]2C(=O)N(C)c2ccc(F)c(Cl)c2F)n1. The van der Waals surface area contributed by atoms with E-state index >= 15 is 0 Å². The maximum atomic E-state index is 14.7. The molecule has 436 valence electrons. The smallest absolute Gasteiger partial charge is 0.416 e. The summed E-state index contributed by atoms with van der Waals surface area (Å²) in [6.07, 6.45) is -2.13. The number of ether oxygens (including phenoxy) is 2. The van der Waals surface area contributed by atoms with Gasteiger partial charge in [-0.25, -0.2) is 28.1 Å². The molecule has 1 atom stereocenters. The van der Waals surface area contributed by atoms with E-state index in [-0.39, 0.29) is 55.7 Å². The van der Waals surface area contributed by atoms with Gasteiger partial charge in [-0.05, 0) is 98.5 Å². The first-order chi connectivity index (χ1) is 35.9. The van der Waals surface area contributed by atoms with E-state index in [0.29, 0.717) is 51.6 Å². The largest absolute Gasteiger partial charge is 0.444 e. The number of aromatic nitrogens is 1. The van der Waals surface area contributed by atoms with Crippen molar-refractivity contribution in [2.75, 3.05) is 148 Å². The van der Waals surface area contributed by atoms with E-state index in [1.54, 1.807) is 9.80 Å². The molecule has 1 aromatic carbocycles. The Bertz CT molecular complexity index is 2380. The Balaban J connectivity index is 0.000000282. The molecule has 27 heteroatoms. The zero-order chi connectivity index (χ0) is 57.5. The quantitative estimate of drug-likeness (QED) is 0.0947. The van der Waals surface area contributed by atoms with E-state index in [1.165, 1.54) is 18.9 Å². The number of carbonyl (C=O) groups is 4. The van der Waals surface area contributed by atoms with Crippen LogP contribution in [0.25, 0.3) is 0 Å². The number of aliphatic hydroxyl groups excluding tert-OH is 1. The number of alkyl halides is 3. The molecule has 0 aliphatic carbocycles. The summed E-state index contributed by atoms with van der Waals surface area (Å²) >= 11 is 5.68. The molecule has 4 saturated heterocycles. The minimum absolute atomic E-state index is 0.000646. The third kappa shape index (κ3) is 21.5. The number of nitrogens with zero attached hydrogens (tertiary/aromatic N) is 9. The normalized spacial score (nSPS) is 18.3. The number of nitrogens with one attached hydrogen (secondary N) is 1. The summed E-state index contributed by atoms with van der Waals surface area (Å²) in [6.45, 7) is 24.7. The van der Waals surface area contributed by atoms with Crippen LogP contribution in [0.2, 0.25) is 5.02 Å². The highest BCUT2D eigenvalue weighted by Gasteiger charge is 2.45. The fraction of sp³-hybridized carbons (Fsp3) is 0.700. The van der Waals surface area contributed by atoms with Gasteiger partial charge in [-0.15, -0.1) is 0 Å². The number of hydrogen-bond acceptors (Lipinski definition) is 15. The number of benzene rings is 1. The fourth-order valence-electron chi connectivity index (χ4n) is 8.52. The summed E-state index contributed by atoms with van der Waals surface area (Å²) in [7, 11) is -2.13. The number of piperazine rings is 3. The van der Waals surface area contributed by atoms with Crippen molar-refractivity contribution in [3.63, 3.8) is 0 Å². The van der Waals surface area contributed by atoms with Crippen molar-refractivity contribution in [1.82, 2.24) is 39.7 Å². The van der Waals surface area contributed by atoms with E-state index in [1.807, 2.05) is 41.5 Å². The van der Waals surface area contributed by atoms with Gasteiger partial charge in [0.25, 0.3) is 16.0 Å². The predicted octanol–water partition coefficient (Wildman–Crippen LogP) is 5.74. The second kappa shape index (κ2) is 29.0. The monoisotopic (exact) mass is 1140 g/mol. The number of aryl methyl sites for hydroxylation is 1. The van der Waals surface area contributed by atoms with Crippen LogP contribution in [-0.2, 0) is 34.7 Å². The molecule has 4 fully saturated rings. The van der Waals surface area contributed by atoms with Gasteiger partial charge in [0.15, 0.2) is 5.82 Å². The number of pyridine rings is 1. The zero-order valence-corrected chi connectivity index (χ0v) is 47.3. The van der Waals surface area contributed by atoms with Gasteiger partial charge in [0.05, 0.1) is 30.7 Å². The number of rotatable bonds is 15. The van der Waals surface area contributed by atoms with Crippen molar-refractivity contribution in [3.05, 3.63) is 52.2 Å². The first-order valence-corrected chi connectivity index (χ1v) is 27.9. The average molecular weight is 1140 g/mol. The Morgan fingerprint density at radius 3 is 1.79 bits per heavy atom. The van der Waals surface area contributed by atoms with Crippen LogP contribution in [-0.4, -0.2) is 227 Å². The summed E-state index contributed by atoms with van der Waals surface area (Å²) in [5.74, 6) is -3.34. The van der Waals surface area contributed by atoms with Gasteiger partial charge in [0.1, 0.15) is 33.9 Å². The van der Waals surface area contributed by atoms with Crippen molar-refractivity contribution in [2.45, 2.75) is 91.1 Å². The third-order valence-electron chi connectivity index (χ3n) is 12.4. The Morgan fingerprint density at radius 2 is 1.30 bits per heavy atom. The number of halogens is 6. The van der Waals surface area contributed by atoms with Crippen molar-refractivity contribution in [3.8, 4) is 0 Å². The lowest BCUT2D eigenvalue weighted by Crippen LogP contribution is -2.50. The zero-order valence-electron chi connectivity index (χ0n) is 45.8. The topological polar surface area (TPSA) is 201 Å². The summed E-state index contributed by atoms with van der Waals surface area (Å²) in [5, 5.41) is 11.2. The number of carbonyl (C=O) groups excluding carboxylic acids is 4. The van der Waals surface area contributed by atoms with Crippen LogP contribution in [0.15, 0.2) is 24.3 Å². The molecule has 1 aromatic heterocycles. The molecule has 0 saturated carbocycles. The standard InChI is InChI=1S/C25H28ClF5N6O2.C13H26N2O5S.C12H24N2O3/c1-15-12-16(25(29,30)31)13-20(33-15)37-19(23(38)34(2)18-5-4-17(27)21(26)22(18)28)14-36(24(37)39)9-3-8-35-10-6-32-7-11-35;1-13(2,3)20-12(16)15-9-7-14(8-10-15)6-5-11-19-21(4,17)18;1-12(2,3)17-11(16)14-8-6-13(7-9-14)5-4-10-15/h4-5,12-13,19,32H,3,6-11,14H2,1-2H3;5-11H2,1-4H3;15H,4-10H2,1-3H3/t19-;;/m0../s1. The van der Waals surface area contributed by atoms with Crippen molar-refractivity contribution in [2.24, 2.45) is 0 Å². The summed E-state index contributed by atoms with van der Waals surface area (Å²) < 4.78 is 106. The minimum Gasteiger partial charge on any atom is -0.444 e.